The molecule has 0 bridgehead atoms. The van der Waals surface area contributed by atoms with E-state index >= 15 is 0 Å². The number of nitriles is 1. The minimum atomic E-state index is 0.639. The van der Waals surface area contributed by atoms with Crippen LogP contribution in [0, 0.1) is 11.3 Å². The highest BCUT2D eigenvalue weighted by molar-refractivity contribution is 5.86. The van der Waals surface area contributed by atoms with E-state index in [1.54, 1.807) is 6.07 Å². The summed E-state index contributed by atoms with van der Waals surface area (Å²) < 4.78 is 0. The minimum Gasteiger partial charge on any atom is -0.366 e. The normalized spacial score (nSPS) is 9.88. The molecule has 0 aliphatic rings. The van der Waals surface area contributed by atoms with E-state index in [9.17, 15) is 0 Å². The van der Waals surface area contributed by atoms with E-state index in [4.69, 9.17) is 5.26 Å². The molecule has 3 nitrogen and oxygen atoms in total. The molecule has 0 atom stereocenters. The van der Waals surface area contributed by atoms with Crippen molar-refractivity contribution >= 4 is 16.7 Å². The molecule has 0 saturated heterocycles. The number of anilines is 1. The zero-order chi connectivity index (χ0) is 12.3. The Morgan fingerprint density at radius 3 is 2.94 bits per heavy atom. The topological polar surface area (TPSA) is 48.7 Å². The lowest BCUT2D eigenvalue weighted by Gasteiger charge is -2.07. The molecule has 17 heavy (non-hydrogen) atoms. The van der Waals surface area contributed by atoms with Gasteiger partial charge < -0.3 is 5.32 Å². The summed E-state index contributed by atoms with van der Waals surface area (Å²) in [7, 11) is 0. The molecule has 0 amide bonds. The summed E-state index contributed by atoms with van der Waals surface area (Å²) in [6.45, 7) is 6.43. The molecule has 1 heterocycles. The lowest BCUT2D eigenvalue weighted by atomic mass is 10.1. The molecular formula is C14H13N3. The van der Waals surface area contributed by atoms with Gasteiger partial charge in [-0.25, -0.2) is 4.98 Å². The summed E-state index contributed by atoms with van der Waals surface area (Å²) >= 11 is 0. The zero-order valence-corrected chi connectivity index (χ0v) is 9.70. The van der Waals surface area contributed by atoms with E-state index in [-0.39, 0.29) is 0 Å². The Morgan fingerprint density at radius 1 is 1.47 bits per heavy atom. The fraction of sp³-hybridized carbons (Fsp3) is 0.143. The van der Waals surface area contributed by atoms with Gasteiger partial charge in [0.05, 0.1) is 17.1 Å². The number of hydrogen-bond donors (Lipinski definition) is 1. The molecule has 1 aromatic heterocycles. The first-order valence-electron chi connectivity index (χ1n) is 5.39. The van der Waals surface area contributed by atoms with E-state index in [0.29, 0.717) is 17.9 Å². The quantitative estimate of drug-likeness (QED) is 0.813. The molecule has 1 aromatic carbocycles. The van der Waals surface area contributed by atoms with Crippen molar-refractivity contribution in [2.45, 2.75) is 6.92 Å². The fourth-order valence-corrected chi connectivity index (χ4v) is 1.60. The van der Waals surface area contributed by atoms with Crippen LogP contribution < -0.4 is 5.32 Å². The third kappa shape index (κ3) is 2.43. The number of nitrogens with one attached hydrogen (secondary N) is 1. The van der Waals surface area contributed by atoms with E-state index in [0.717, 1.165) is 16.5 Å². The summed E-state index contributed by atoms with van der Waals surface area (Å²) in [4.78, 5) is 4.45. The van der Waals surface area contributed by atoms with E-state index in [1.807, 2.05) is 31.2 Å². The number of pyridine rings is 1. The Labute approximate surface area is 100 Å². The predicted molar refractivity (Wildman–Crippen MR) is 69.8 cm³/mol. The van der Waals surface area contributed by atoms with Gasteiger partial charge in [0.25, 0.3) is 0 Å². The van der Waals surface area contributed by atoms with Gasteiger partial charge in [0, 0.05) is 11.9 Å². The van der Waals surface area contributed by atoms with Crippen molar-refractivity contribution in [1.82, 2.24) is 4.98 Å². The van der Waals surface area contributed by atoms with Gasteiger partial charge in [-0.15, -0.1) is 0 Å². The van der Waals surface area contributed by atoms with Crippen LogP contribution in [0.15, 0.2) is 42.5 Å². The Bertz CT molecular complexity index is 608. The number of aromatic nitrogens is 1. The third-order valence-electron chi connectivity index (χ3n) is 2.41. The van der Waals surface area contributed by atoms with E-state index in [2.05, 4.69) is 22.9 Å². The lowest BCUT2D eigenvalue weighted by Crippen LogP contribution is -2.04. The lowest BCUT2D eigenvalue weighted by molar-refractivity contribution is 1.18. The van der Waals surface area contributed by atoms with Crippen LogP contribution in [0.3, 0.4) is 0 Å². The van der Waals surface area contributed by atoms with Crippen molar-refractivity contribution < 1.29 is 0 Å². The van der Waals surface area contributed by atoms with Gasteiger partial charge in [-0.2, -0.15) is 5.26 Å². The number of rotatable bonds is 3. The SMILES string of the molecule is C=C(C)CNc1cc(C#N)c2ccccc2n1. The molecule has 1 N–H and O–H groups in total. The first-order valence-corrected chi connectivity index (χ1v) is 5.39. The molecule has 0 saturated carbocycles. The Morgan fingerprint density at radius 2 is 2.24 bits per heavy atom. The molecule has 0 unspecified atom stereocenters. The van der Waals surface area contributed by atoms with Crippen molar-refractivity contribution in [2.75, 3.05) is 11.9 Å². The summed E-state index contributed by atoms with van der Waals surface area (Å²) in [5.41, 5.74) is 2.49. The van der Waals surface area contributed by atoms with Crippen molar-refractivity contribution in [3.8, 4) is 6.07 Å². The van der Waals surface area contributed by atoms with Gasteiger partial charge in [-0.3, -0.25) is 0 Å². The standard InChI is InChI=1S/C14H13N3/c1-10(2)9-16-14-7-11(8-15)12-5-3-4-6-13(12)17-14/h3-7H,1,9H2,2H3,(H,16,17). The number of para-hydroxylation sites is 1. The van der Waals surface area contributed by atoms with Crippen molar-refractivity contribution in [2.24, 2.45) is 0 Å². The molecule has 84 valence electrons. The molecule has 0 radical (unpaired) electrons. The molecule has 3 heteroatoms. The second-order valence-electron chi connectivity index (χ2n) is 3.99. The molecular weight excluding hydrogens is 210 g/mol. The summed E-state index contributed by atoms with van der Waals surface area (Å²) in [5, 5.41) is 13.1. The first-order chi connectivity index (χ1) is 8.20. The summed E-state index contributed by atoms with van der Waals surface area (Å²) in [6.07, 6.45) is 0. The van der Waals surface area contributed by atoms with Gasteiger partial charge in [-0.05, 0) is 19.1 Å². The summed E-state index contributed by atoms with van der Waals surface area (Å²) in [5.74, 6) is 0.711. The highest BCUT2D eigenvalue weighted by Crippen LogP contribution is 2.19. The number of hydrogen-bond acceptors (Lipinski definition) is 3. The highest BCUT2D eigenvalue weighted by atomic mass is 15.0. The Balaban J connectivity index is 2.46. The van der Waals surface area contributed by atoms with Crippen LogP contribution in [0.1, 0.15) is 12.5 Å². The highest BCUT2D eigenvalue weighted by Gasteiger charge is 2.04. The largest absolute Gasteiger partial charge is 0.366 e. The van der Waals surface area contributed by atoms with Gasteiger partial charge >= 0.3 is 0 Å². The summed E-state index contributed by atoms with van der Waals surface area (Å²) in [6, 6.07) is 11.6. The molecule has 0 aliphatic heterocycles. The molecule has 2 aromatic rings. The van der Waals surface area contributed by atoms with Gasteiger partial charge in [0.2, 0.25) is 0 Å². The van der Waals surface area contributed by atoms with Gasteiger partial charge in [0.15, 0.2) is 0 Å². The van der Waals surface area contributed by atoms with Crippen LogP contribution in [0.2, 0.25) is 0 Å². The van der Waals surface area contributed by atoms with Gasteiger partial charge in [0.1, 0.15) is 5.82 Å². The van der Waals surface area contributed by atoms with Crippen LogP contribution in [0.4, 0.5) is 5.82 Å². The van der Waals surface area contributed by atoms with E-state index < -0.39 is 0 Å². The second kappa shape index (κ2) is 4.67. The van der Waals surface area contributed by atoms with Gasteiger partial charge in [-0.1, -0.05) is 30.4 Å². The second-order valence-corrected chi connectivity index (χ2v) is 3.99. The predicted octanol–water partition coefficient (Wildman–Crippen LogP) is 3.09. The van der Waals surface area contributed by atoms with E-state index in [1.165, 1.54) is 0 Å². The fourth-order valence-electron chi connectivity index (χ4n) is 1.60. The van der Waals surface area contributed by atoms with Crippen molar-refractivity contribution in [3.05, 3.63) is 48.0 Å². The minimum absolute atomic E-state index is 0.639. The van der Waals surface area contributed by atoms with Crippen molar-refractivity contribution in [1.29, 1.82) is 5.26 Å². The maximum atomic E-state index is 9.11. The molecule has 0 spiro atoms. The smallest absolute Gasteiger partial charge is 0.128 e. The van der Waals surface area contributed by atoms with Crippen LogP contribution in [-0.4, -0.2) is 11.5 Å². The molecule has 2 rings (SSSR count). The monoisotopic (exact) mass is 223 g/mol. The van der Waals surface area contributed by atoms with Crippen molar-refractivity contribution in [3.63, 3.8) is 0 Å². The molecule has 0 fully saturated rings. The first kappa shape index (κ1) is 11.2. The third-order valence-corrected chi connectivity index (χ3v) is 2.41. The average Bonchev–Trinajstić information content (AvgIpc) is 2.35. The van der Waals surface area contributed by atoms with Crippen LogP contribution >= 0.6 is 0 Å². The Hall–Kier alpha value is -2.34. The van der Waals surface area contributed by atoms with Crippen LogP contribution in [0.25, 0.3) is 10.9 Å². The number of fused-ring (bicyclic) bond motifs is 1. The zero-order valence-electron chi connectivity index (χ0n) is 9.70. The number of benzene rings is 1. The number of nitrogens with zero attached hydrogens (tertiary/aromatic N) is 2. The maximum Gasteiger partial charge on any atom is 0.128 e. The molecule has 0 aliphatic carbocycles. The Kier molecular flexibility index (Phi) is 3.06. The average molecular weight is 223 g/mol. The maximum absolute atomic E-state index is 9.11. The van der Waals surface area contributed by atoms with Crippen LogP contribution in [0.5, 0.6) is 0 Å². The van der Waals surface area contributed by atoms with Crippen LogP contribution in [-0.2, 0) is 0 Å².